The molecule has 2 aliphatic carbocycles. The fraction of sp³-hybridized carbons (Fsp3) is 0.688. The average Bonchev–Trinajstić information content (AvgIpc) is 3.31. The third kappa shape index (κ3) is 3.86. The molecule has 0 aromatic carbocycles. The first-order valence-electron chi connectivity index (χ1n) is 7.89. The van der Waals surface area contributed by atoms with Crippen LogP contribution in [0, 0.1) is 5.92 Å². The summed E-state index contributed by atoms with van der Waals surface area (Å²) in [7, 11) is 0. The highest BCUT2D eigenvalue weighted by molar-refractivity contribution is 6.33. The molecule has 2 fully saturated rings. The highest BCUT2D eigenvalue weighted by atomic mass is 35.5. The van der Waals surface area contributed by atoms with Crippen molar-refractivity contribution in [1.29, 1.82) is 0 Å². The zero-order valence-corrected chi connectivity index (χ0v) is 13.0. The quantitative estimate of drug-likeness (QED) is 0.793. The largest absolute Gasteiger partial charge is 0.355 e. The van der Waals surface area contributed by atoms with Crippen LogP contribution in [-0.2, 0) is 6.54 Å². The van der Waals surface area contributed by atoms with Gasteiger partial charge in [0.1, 0.15) is 5.82 Å². The second kappa shape index (κ2) is 6.31. The number of anilines is 1. The third-order valence-corrected chi connectivity index (χ3v) is 4.30. The molecule has 1 N–H and O–H groups in total. The maximum atomic E-state index is 6.46. The molecule has 2 saturated carbocycles. The normalized spacial score (nSPS) is 18.3. The van der Waals surface area contributed by atoms with Crippen molar-refractivity contribution in [2.45, 2.75) is 51.6 Å². The lowest BCUT2D eigenvalue weighted by Gasteiger charge is -2.24. The first-order valence-corrected chi connectivity index (χ1v) is 8.26. The maximum absolute atomic E-state index is 6.46. The van der Waals surface area contributed by atoms with Crippen LogP contribution in [0.2, 0.25) is 5.02 Å². The predicted molar refractivity (Wildman–Crippen MR) is 84.3 cm³/mol. The standard InChI is InChI=1S/C16H24ClN3/c1-2-7-20(11-12-3-4-12)16-15(17)8-13(10-19-16)9-18-14-5-6-14/h8,10,12,14,18H,2-7,9,11H2,1H3. The number of halogens is 1. The van der Waals surface area contributed by atoms with Crippen molar-refractivity contribution in [3.63, 3.8) is 0 Å². The Morgan fingerprint density at radius 2 is 2.15 bits per heavy atom. The molecular formula is C16H24ClN3. The van der Waals surface area contributed by atoms with Crippen LogP contribution in [0.1, 0.15) is 44.6 Å². The summed E-state index contributed by atoms with van der Waals surface area (Å²) >= 11 is 6.46. The van der Waals surface area contributed by atoms with Gasteiger partial charge in [-0.1, -0.05) is 18.5 Å². The molecule has 0 radical (unpaired) electrons. The lowest BCUT2D eigenvalue weighted by molar-refractivity contribution is 0.681. The zero-order valence-electron chi connectivity index (χ0n) is 12.2. The van der Waals surface area contributed by atoms with Crippen LogP contribution >= 0.6 is 11.6 Å². The molecule has 0 unspecified atom stereocenters. The minimum Gasteiger partial charge on any atom is -0.355 e. The van der Waals surface area contributed by atoms with Crippen molar-refractivity contribution in [3.05, 3.63) is 22.8 Å². The van der Waals surface area contributed by atoms with Crippen molar-refractivity contribution in [2.24, 2.45) is 5.92 Å². The molecule has 3 rings (SSSR count). The first kappa shape index (κ1) is 14.2. The summed E-state index contributed by atoms with van der Waals surface area (Å²) in [6, 6.07) is 2.80. The minimum atomic E-state index is 0.722. The van der Waals surface area contributed by atoms with Crippen LogP contribution in [0.3, 0.4) is 0 Å². The Labute approximate surface area is 126 Å². The second-order valence-electron chi connectivity index (χ2n) is 6.19. The van der Waals surface area contributed by atoms with E-state index in [0.29, 0.717) is 0 Å². The van der Waals surface area contributed by atoms with E-state index in [-0.39, 0.29) is 0 Å². The van der Waals surface area contributed by atoms with Crippen LogP contribution in [0.15, 0.2) is 12.3 Å². The fourth-order valence-electron chi connectivity index (χ4n) is 2.51. The summed E-state index contributed by atoms with van der Waals surface area (Å²) in [6.07, 6.45) is 8.46. The molecule has 0 amide bonds. The fourth-order valence-corrected chi connectivity index (χ4v) is 2.82. The SMILES string of the molecule is CCCN(CC1CC1)c1ncc(CNC2CC2)cc1Cl. The lowest BCUT2D eigenvalue weighted by atomic mass is 10.2. The van der Waals surface area contributed by atoms with Crippen molar-refractivity contribution >= 4 is 17.4 Å². The van der Waals surface area contributed by atoms with Gasteiger partial charge >= 0.3 is 0 Å². The van der Waals surface area contributed by atoms with Gasteiger partial charge in [0.25, 0.3) is 0 Å². The second-order valence-corrected chi connectivity index (χ2v) is 6.60. The lowest BCUT2D eigenvalue weighted by Crippen LogP contribution is -2.28. The summed E-state index contributed by atoms with van der Waals surface area (Å²) in [5.41, 5.74) is 1.19. The van der Waals surface area contributed by atoms with Gasteiger partial charge in [-0.2, -0.15) is 0 Å². The number of aromatic nitrogens is 1. The van der Waals surface area contributed by atoms with Crippen LogP contribution in [0.4, 0.5) is 5.82 Å². The highest BCUT2D eigenvalue weighted by Gasteiger charge is 2.25. The number of rotatable bonds is 8. The summed E-state index contributed by atoms with van der Waals surface area (Å²) in [6.45, 7) is 5.25. The van der Waals surface area contributed by atoms with E-state index in [0.717, 1.165) is 48.9 Å². The van der Waals surface area contributed by atoms with Gasteiger partial charge in [0.15, 0.2) is 0 Å². The van der Waals surface area contributed by atoms with E-state index < -0.39 is 0 Å². The molecule has 20 heavy (non-hydrogen) atoms. The van der Waals surface area contributed by atoms with Gasteiger partial charge in [-0.15, -0.1) is 0 Å². The topological polar surface area (TPSA) is 28.2 Å². The first-order chi connectivity index (χ1) is 9.76. The Hall–Kier alpha value is -0.800. The van der Waals surface area contributed by atoms with Crippen LogP contribution < -0.4 is 10.2 Å². The van der Waals surface area contributed by atoms with Gasteiger partial charge < -0.3 is 10.2 Å². The molecule has 0 aliphatic heterocycles. The molecule has 110 valence electrons. The van der Waals surface area contributed by atoms with Crippen molar-refractivity contribution in [1.82, 2.24) is 10.3 Å². The maximum Gasteiger partial charge on any atom is 0.147 e. The number of pyridine rings is 1. The molecule has 1 heterocycles. The van der Waals surface area contributed by atoms with E-state index in [4.69, 9.17) is 11.6 Å². The number of nitrogens with one attached hydrogen (secondary N) is 1. The Balaban J connectivity index is 1.66. The van der Waals surface area contributed by atoms with Gasteiger partial charge in [-0.25, -0.2) is 4.98 Å². The van der Waals surface area contributed by atoms with E-state index >= 15 is 0 Å². The van der Waals surface area contributed by atoms with Gasteiger partial charge in [-0.3, -0.25) is 0 Å². The molecule has 0 saturated heterocycles. The van der Waals surface area contributed by atoms with E-state index in [1.807, 2.05) is 6.20 Å². The van der Waals surface area contributed by atoms with E-state index in [1.165, 1.54) is 31.2 Å². The third-order valence-electron chi connectivity index (χ3n) is 4.02. The van der Waals surface area contributed by atoms with E-state index in [9.17, 15) is 0 Å². The predicted octanol–water partition coefficient (Wildman–Crippen LogP) is 3.61. The Morgan fingerprint density at radius 3 is 2.75 bits per heavy atom. The Morgan fingerprint density at radius 1 is 1.35 bits per heavy atom. The highest BCUT2D eigenvalue weighted by Crippen LogP contribution is 2.33. The van der Waals surface area contributed by atoms with Gasteiger partial charge in [0.2, 0.25) is 0 Å². The summed E-state index contributed by atoms with van der Waals surface area (Å²) < 4.78 is 0. The molecule has 0 bridgehead atoms. The van der Waals surface area contributed by atoms with Crippen LogP contribution in [-0.4, -0.2) is 24.1 Å². The molecule has 0 atom stereocenters. The van der Waals surface area contributed by atoms with Crippen molar-refractivity contribution < 1.29 is 0 Å². The summed E-state index contributed by atoms with van der Waals surface area (Å²) in [5, 5.41) is 4.30. The number of hydrogen-bond acceptors (Lipinski definition) is 3. The van der Waals surface area contributed by atoms with Gasteiger partial charge in [0, 0.05) is 31.9 Å². The monoisotopic (exact) mass is 293 g/mol. The zero-order chi connectivity index (χ0) is 13.9. The number of nitrogens with zero attached hydrogens (tertiary/aromatic N) is 2. The Kier molecular flexibility index (Phi) is 4.47. The summed E-state index contributed by atoms with van der Waals surface area (Å²) in [4.78, 5) is 6.99. The van der Waals surface area contributed by atoms with Crippen molar-refractivity contribution in [3.8, 4) is 0 Å². The number of hydrogen-bond donors (Lipinski definition) is 1. The van der Waals surface area contributed by atoms with E-state index in [1.54, 1.807) is 0 Å². The van der Waals surface area contributed by atoms with E-state index in [2.05, 4.69) is 28.2 Å². The molecule has 2 aliphatic rings. The van der Waals surface area contributed by atoms with Gasteiger partial charge in [-0.05, 0) is 49.7 Å². The molecule has 1 aromatic rings. The molecular weight excluding hydrogens is 270 g/mol. The smallest absolute Gasteiger partial charge is 0.147 e. The average molecular weight is 294 g/mol. The molecule has 4 heteroatoms. The molecule has 3 nitrogen and oxygen atoms in total. The molecule has 1 aromatic heterocycles. The molecule has 0 spiro atoms. The van der Waals surface area contributed by atoms with Gasteiger partial charge in [0.05, 0.1) is 5.02 Å². The van der Waals surface area contributed by atoms with Crippen LogP contribution in [0.5, 0.6) is 0 Å². The van der Waals surface area contributed by atoms with Crippen molar-refractivity contribution in [2.75, 3.05) is 18.0 Å². The summed E-state index contributed by atoms with van der Waals surface area (Å²) in [5.74, 6) is 1.83. The Bertz CT molecular complexity index is 455. The van der Waals surface area contributed by atoms with Crippen LogP contribution in [0.25, 0.3) is 0 Å². The minimum absolute atomic E-state index is 0.722.